The zero-order valence-corrected chi connectivity index (χ0v) is 22.7. The molecular weight excluding hydrogens is 528 g/mol. The number of methoxy groups -OCH3 is 1. The molecule has 212 valence electrons. The van der Waals surface area contributed by atoms with Crippen LogP contribution in [0, 0.1) is 5.82 Å². The van der Waals surface area contributed by atoms with Gasteiger partial charge >= 0.3 is 35.5 Å². The number of benzene rings is 2. The number of aliphatic hydroxyl groups is 2. The fourth-order valence-corrected chi connectivity index (χ4v) is 4.58. The van der Waals surface area contributed by atoms with Gasteiger partial charge in [-0.25, -0.2) is 9.07 Å². The van der Waals surface area contributed by atoms with E-state index >= 15 is 0 Å². The first kappa shape index (κ1) is 33.4. The van der Waals surface area contributed by atoms with Gasteiger partial charge in [0.25, 0.3) is 5.91 Å². The van der Waals surface area contributed by atoms with E-state index in [0.717, 1.165) is 5.56 Å². The van der Waals surface area contributed by atoms with Crippen molar-refractivity contribution in [3.8, 4) is 11.4 Å². The molecule has 3 N–H and O–H groups in total. The number of carbonyl (C=O) groups excluding carboxylic acids is 1. The van der Waals surface area contributed by atoms with Crippen molar-refractivity contribution in [2.24, 2.45) is 0 Å². The molecule has 0 unspecified atom stereocenters. The molecule has 2 atom stereocenters. The number of carboxylic acids is 1. The Balaban J connectivity index is 0.00000560. The number of aromatic nitrogens is 2. The van der Waals surface area contributed by atoms with E-state index in [9.17, 15) is 24.2 Å². The molecule has 40 heavy (non-hydrogen) atoms. The van der Waals surface area contributed by atoms with E-state index in [2.05, 4.69) is 5.10 Å². The van der Waals surface area contributed by atoms with Crippen molar-refractivity contribution in [2.75, 3.05) is 14.2 Å². The summed E-state index contributed by atoms with van der Waals surface area (Å²) in [5.41, 5.74) is 3.09. The van der Waals surface area contributed by atoms with E-state index in [4.69, 9.17) is 9.84 Å². The van der Waals surface area contributed by atoms with Gasteiger partial charge in [-0.15, -0.1) is 0 Å². The van der Waals surface area contributed by atoms with Crippen molar-refractivity contribution in [3.05, 3.63) is 76.9 Å². The molecular formula is C29H37FN3NaO6. The molecule has 3 aromatic rings. The second kappa shape index (κ2) is 15.3. The fraction of sp³-hybridized carbons (Fsp3) is 0.414. The molecule has 1 amide bonds. The number of rotatable bonds is 13. The van der Waals surface area contributed by atoms with Gasteiger partial charge in [0.1, 0.15) is 11.6 Å². The van der Waals surface area contributed by atoms with Crippen molar-refractivity contribution in [1.29, 1.82) is 0 Å². The Bertz CT molecular complexity index is 1280. The number of amides is 1. The fourth-order valence-electron chi connectivity index (χ4n) is 4.58. The molecule has 1 heterocycles. The standard InChI is InChI=1S/C29H36FN3O6.Na.H/c1-18(2)27-25(13-12-22(34)15-23(35)16-26(36)37)33(21-10-8-20(30)9-11-21)31-28(27)29(38)32(3)17-19-6-5-7-24(14-19)39-4;;/h5-11,14,18,22-23,34-35H,12-13,15-17H2,1-4H3,(H,36,37);;/t22-,23-;;/m1../s1. The molecule has 1 aromatic heterocycles. The zero-order chi connectivity index (χ0) is 28.7. The van der Waals surface area contributed by atoms with E-state index in [1.807, 2.05) is 38.1 Å². The quantitative estimate of drug-likeness (QED) is 0.272. The predicted molar refractivity (Wildman–Crippen MR) is 151 cm³/mol. The van der Waals surface area contributed by atoms with Crippen LogP contribution in [0.4, 0.5) is 4.39 Å². The maximum absolute atomic E-state index is 13.7. The summed E-state index contributed by atoms with van der Waals surface area (Å²) in [4.78, 5) is 26.1. The summed E-state index contributed by atoms with van der Waals surface area (Å²) < 4.78 is 20.6. The summed E-state index contributed by atoms with van der Waals surface area (Å²) in [6.07, 6.45) is -2.19. The van der Waals surface area contributed by atoms with Gasteiger partial charge in [-0.3, -0.25) is 9.59 Å². The SMILES string of the molecule is COc1cccc(CN(C)C(=O)c2nn(-c3ccc(F)cc3)c(CC[C@@H](O)C[C@@H](O)CC(=O)O)c2C(C)C)c1.[NaH]. The first-order chi connectivity index (χ1) is 18.5. The summed E-state index contributed by atoms with van der Waals surface area (Å²) in [7, 11) is 3.27. The van der Waals surface area contributed by atoms with E-state index < -0.39 is 30.4 Å². The molecule has 3 rings (SSSR count). The molecule has 0 fully saturated rings. The van der Waals surface area contributed by atoms with Crippen LogP contribution in [0.15, 0.2) is 48.5 Å². The van der Waals surface area contributed by atoms with Crippen molar-refractivity contribution in [1.82, 2.24) is 14.7 Å². The molecule has 0 aliphatic heterocycles. The van der Waals surface area contributed by atoms with Crippen LogP contribution in [-0.2, 0) is 17.8 Å². The second-order valence-electron chi connectivity index (χ2n) is 9.94. The number of nitrogens with zero attached hydrogens (tertiary/aromatic N) is 3. The molecule has 0 spiro atoms. The molecule has 0 radical (unpaired) electrons. The van der Waals surface area contributed by atoms with Gasteiger partial charge in [0, 0.05) is 24.8 Å². The van der Waals surface area contributed by atoms with Crippen LogP contribution in [0.5, 0.6) is 5.75 Å². The van der Waals surface area contributed by atoms with Gasteiger partial charge in [-0.2, -0.15) is 5.10 Å². The van der Waals surface area contributed by atoms with Gasteiger partial charge in [-0.05, 0) is 67.1 Å². The van der Waals surface area contributed by atoms with Crippen LogP contribution >= 0.6 is 0 Å². The molecule has 0 aliphatic rings. The third kappa shape index (κ3) is 8.87. The van der Waals surface area contributed by atoms with Crippen molar-refractivity contribution < 1.29 is 34.0 Å². The van der Waals surface area contributed by atoms with E-state index in [0.29, 0.717) is 35.7 Å². The summed E-state index contributed by atoms with van der Waals surface area (Å²) in [6.45, 7) is 4.22. The Morgan fingerprint density at radius 1 is 1.10 bits per heavy atom. The molecule has 0 aliphatic carbocycles. The summed E-state index contributed by atoms with van der Waals surface area (Å²) in [6, 6.07) is 13.2. The summed E-state index contributed by atoms with van der Waals surface area (Å²) >= 11 is 0. The van der Waals surface area contributed by atoms with Crippen LogP contribution < -0.4 is 4.74 Å². The molecule has 11 heteroatoms. The number of hydrogen-bond acceptors (Lipinski definition) is 6. The maximum atomic E-state index is 13.7. The van der Waals surface area contributed by atoms with Crippen LogP contribution in [0.2, 0.25) is 0 Å². The normalized spacial score (nSPS) is 12.5. The Morgan fingerprint density at radius 2 is 1.77 bits per heavy atom. The van der Waals surface area contributed by atoms with Crippen molar-refractivity contribution in [3.63, 3.8) is 0 Å². The monoisotopic (exact) mass is 565 g/mol. The molecule has 9 nitrogen and oxygen atoms in total. The minimum absolute atomic E-state index is 0. The number of halogens is 1. The number of ether oxygens (including phenoxy) is 1. The van der Waals surface area contributed by atoms with Gasteiger partial charge < -0.3 is 25.0 Å². The van der Waals surface area contributed by atoms with Crippen molar-refractivity contribution >= 4 is 41.4 Å². The zero-order valence-electron chi connectivity index (χ0n) is 22.7. The minimum atomic E-state index is -1.17. The van der Waals surface area contributed by atoms with Crippen LogP contribution in [0.1, 0.15) is 66.3 Å². The Morgan fingerprint density at radius 3 is 2.38 bits per heavy atom. The topological polar surface area (TPSA) is 125 Å². The van der Waals surface area contributed by atoms with Crippen LogP contribution in [0.25, 0.3) is 5.69 Å². The van der Waals surface area contributed by atoms with Crippen LogP contribution in [0.3, 0.4) is 0 Å². The number of carboxylic acid groups (broad SMARTS) is 1. The third-order valence-corrected chi connectivity index (χ3v) is 6.44. The number of hydrogen-bond donors (Lipinski definition) is 3. The summed E-state index contributed by atoms with van der Waals surface area (Å²) in [5, 5.41) is 34.0. The predicted octanol–water partition coefficient (Wildman–Crippen LogP) is 3.29. The molecule has 0 saturated heterocycles. The van der Waals surface area contributed by atoms with Gasteiger partial charge in [-0.1, -0.05) is 26.0 Å². The van der Waals surface area contributed by atoms with E-state index in [-0.39, 0.29) is 59.9 Å². The summed E-state index contributed by atoms with van der Waals surface area (Å²) in [5.74, 6) is -1.26. The Labute approximate surface area is 255 Å². The molecule has 2 aromatic carbocycles. The van der Waals surface area contributed by atoms with Crippen molar-refractivity contribution in [2.45, 2.75) is 64.2 Å². The Hall–Kier alpha value is -2.76. The average Bonchev–Trinajstić information content (AvgIpc) is 3.26. The number of carbonyl (C=O) groups is 2. The first-order valence-electron chi connectivity index (χ1n) is 12.8. The van der Waals surface area contributed by atoms with E-state index in [1.54, 1.807) is 35.9 Å². The van der Waals surface area contributed by atoms with Gasteiger partial charge in [0.05, 0.1) is 31.4 Å². The van der Waals surface area contributed by atoms with Crippen LogP contribution in [-0.4, -0.2) is 97.8 Å². The van der Waals surface area contributed by atoms with Gasteiger partial charge in [0.15, 0.2) is 5.69 Å². The number of aliphatic hydroxyl groups excluding tert-OH is 2. The third-order valence-electron chi connectivity index (χ3n) is 6.44. The Kier molecular flexibility index (Phi) is 12.8. The average molecular weight is 566 g/mol. The first-order valence-corrected chi connectivity index (χ1v) is 12.8. The molecule has 0 saturated carbocycles. The van der Waals surface area contributed by atoms with E-state index in [1.165, 1.54) is 12.1 Å². The molecule has 0 bridgehead atoms. The number of aliphatic carboxylic acids is 1. The van der Waals surface area contributed by atoms with Gasteiger partial charge in [0.2, 0.25) is 0 Å². The second-order valence-corrected chi connectivity index (χ2v) is 9.94.